The van der Waals surface area contributed by atoms with E-state index in [0.717, 1.165) is 41.1 Å². The van der Waals surface area contributed by atoms with E-state index >= 15 is 0 Å². The van der Waals surface area contributed by atoms with Gasteiger partial charge in [-0.05, 0) is 62.2 Å². The van der Waals surface area contributed by atoms with Crippen LogP contribution in [0, 0.1) is 13.8 Å². The van der Waals surface area contributed by atoms with Crippen LogP contribution >= 0.6 is 0 Å². The van der Waals surface area contributed by atoms with Crippen molar-refractivity contribution in [3.63, 3.8) is 0 Å². The summed E-state index contributed by atoms with van der Waals surface area (Å²) >= 11 is 0. The number of rotatable bonds is 9. The number of aromatic nitrogens is 2. The number of aryl methyl sites for hydroxylation is 2. The highest BCUT2D eigenvalue weighted by molar-refractivity contribution is 5.94. The molecule has 3 rings (SSSR count). The van der Waals surface area contributed by atoms with E-state index in [1.165, 1.54) is 18.4 Å². The molecule has 0 atom stereocenters. The summed E-state index contributed by atoms with van der Waals surface area (Å²) in [5, 5.41) is 7.85. The normalized spacial score (nSPS) is 10.8. The predicted molar refractivity (Wildman–Crippen MR) is 122 cm³/mol. The number of unbranched alkanes of at least 4 members (excludes halogenated alkanes) is 3. The number of amides is 1. The van der Waals surface area contributed by atoms with Gasteiger partial charge in [-0.1, -0.05) is 43.9 Å². The Hall–Kier alpha value is -3.08. The summed E-state index contributed by atoms with van der Waals surface area (Å²) in [4.78, 5) is 13.0. The first-order valence-electron chi connectivity index (χ1n) is 10.6. The van der Waals surface area contributed by atoms with Crippen molar-refractivity contribution >= 4 is 5.91 Å². The third kappa shape index (κ3) is 5.09. The van der Waals surface area contributed by atoms with Crippen molar-refractivity contribution in [3.8, 4) is 22.7 Å². The third-order valence-electron chi connectivity index (χ3n) is 5.22. The molecule has 1 amide bonds. The molecule has 0 saturated carbocycles. The molecule has 2 aromatic carbocycles. The zero-order valence-corrected chi connectivity index (χ0v) is 18.4. The van der Waals surface area contributed by atoms with Crippen molar-refractivity contribution in [2.45, 2.75) is 46.5 Å². The molecule has 0 bridgehead atoms. The van der Waals surface area contributed by atoms with Crippen molar-refractivity contribution < 1.29 is 9.53 Å². The summed E-state index contributed by atoms with van der Waals surface area (Å²) in [7, 11) is 1.65. The highest BCUT2D eigenvalue weighted by Gasteiger charge is 2.18. The minimum atomic E-state index is -0.0984. The molecule has 1 heterocycles. The molecule has 30 heavy (non-hydrogen) atoms. The van der Waals surface area contributed by atoms with E-state index in [2.05, 4.69) is 25.2 Å². The second-order valence-electron chi connectivity index (χ2n) is 7.66. The van der Waals surface area contributed by atoms with Gasteiger partial charge in [0.2, 0.25) is 0 Å². The zero-order chi connectivity index (χ0) is 21.5. The number of hydrogen-bond donors (Lipinski definition) is 1. The number of hydrogen-bond acceptors (Lipinski definition) is 3. The largest absolute Gasteiger partial charge is 0.497 e. The standard InChI is InChI=1S/C25H31N3O2/c1-5-6-7-8-15-26-25(29)24-17-22(20-10-12-21(30-4)13-11-20)27-28(24)23-14-9-18(2)16-19(23)3/h9-14,16-17H,5-8,15H2,1-4H3,(H,26,29). The Morgan fingerprint density at radius 1 is 1.03 bits per heavy atom. The maximum absolute atomic E-state index is 13.0. The average Bonchev–Trinajstić information content (AvgIpc) is 3.19. The smallest absolute Gasteiger partial charge is 0.270 e. The number of carbonyl (C=O) groups is 1. The Morgan fingerprint density at radius 3 is 2.47 bits per heavy atom. The number of nitrogens with zero attached hydrogens (tertiary/aromatic N) is 2. The quantitative estimate of drug-likeness (QED) is 0.480. The third-order valence-corrected chi connectivity index (χ3v) is 5.22. The van der Waals surface area contributed by atoms with Gasteiger partial charge >= 0.3 is 0 Å². The van der Waals surface area contributed by atoms with Crippen molar-refractivity contribution in [3.05, 3.63) is 65.4 Å². The zero-order valence-electron chi connectivity index (χ0n) is 18.4. The maximum Gasteiger partial charge on any atom is 0.270 e. The van der Waals surface area contributed by atoms with Crippen LogP contribution in [0.15, 0.2) is 48.5 Å². The van der Waals surface area contributed by atoms with E-state index < -0.39 is 0 Å². The topological polar surface area (TPSA) is 56.1 Å². The lowest BCUT2D eigenvalue weighted by molar-refractivity contribution is 0.0945. The summed E-state index contributed by atoms with van der Waals surface area (Å²) < 4.78 is 7.01. The molecule has 0 fully saturated rings. The fourth-order valence-electron chi connectivity index (χ4n) is 3.52. The van der Waals surface area contributed by atoms with Crippen molar-refractivity contribution in [1.82, 2.24) is 15.1 Å². The van der Waals surface area contributed by atoms with E-state index in [4.69, 9.17) is 9.84 Å². The number of methoxy groups -OCH3 is 1. The van der Waals surface area contributed by atoms with Crippen LogP contribution < -0.4 is 10.1 Å². The first-order valence-corrected chi connectivity index (χ1v) is 10.6. The lowest BCUT2D eigenvalue weighted by Crippen LogP contribution is -2.27. The summed E-state index contributed by atoms with van der Waals surface area (Å²) in [5.74, 6) is 0.691. The van der Waals surface area contributed by atoms with Crippen LogP contribution in [0.1, 0.15) is 54.2 Å². The minimum absolute atomic E-state index is 0.0984. The van der Waals surface area contributed by atoms with Crippen LogP contribution in [0.25, 0.3) is 16.9 Å². The molecule has 0 radical (unpaired) electrons. The van der Waals surface area contributed by atoms with E-state index in [0.29, 0.717) is 12.2 Å². The molecule has 0 saturated heterocycles. The van der Waals surface area contributed by atoms with Gasteiger partial charge in [0.1, 0.15) is 11.4 Å². The van der Waals surface area contributed by atoms with Crippen LogP contribution in [0.2, 0.25) is 0 Å². The van der Waals surface area contributed by atoms with Gasteiger partial charge in [-0.3, -0.25) is 4.79 Å². The van der Waals surface area contributed by atoms with Crippen molar-refractivity contribution in [2.75, 3.05) is 13.7 Å². The number of nitrogens with one attached hydrogen (secondary N) is 1. The molecule has 0 unspecified atom stereocenters. The highest BCUT2D eigenvalue weighted by atomic mass is 16.5. The van der Waals surface area contributed by atoms with Gasteiger partial charge < -0.3 is 10.1 Å². The molecule has 1 aromatic heterocycles. The van der Waals surface area contributed by atoms with Crippen LogP contribution in [0.5, 0.6) is 5.75 Å². The van der Waals surface area contributed by atoms with Crippen LogP contribution in [0.3, 0.4) is 0 Å². The summed E-state index contributed by atoms with van der Waals surface area (Å²) in [5.41, 5.74) is 5.42. The molecule has 0 aliphatic carbocycles. The second kappa shape index (κ2) is 10.1. The van der Waals surface area contributed by atoms with Crippen LogP contribution in [-0.4, -0.2) is 29.3 Å². The first kappa shape index (κ1) is 21.6. The van der Waals surface area contributed by atoms with Gasteiger partial charge in [0.15, 0.2) is 0 Å². The monoisotopic (exact) mass is 405 g/mol. The number of benzene rings is 2. The van der Waals surface area contributed by atoms with Gasteiger partial charge in [-0.2, -0.15) is 5.10 Å². The summed E-state index contributed by atoms with van der Waals surface area (Å²) in [6.45, 7) is 6.96. The predicted octanol–water partition coefficient (Wildman–Crippen LogP) is 5.47. The van der Waals surface area contributed by atoms with Gasteiger partial charge in [0, 0.05) is 12.1 Å². The van der Waals surface area contributed by atoms with E-state index in [1.807, 2.05) is 49.4 Å². The molecule has 3 aromatic rings. The van der Waals surface area contributed by atoms with E-state index in [1.54, 1.807) is 11.8 Å². The van der Waals surface area contributed by atoms with Crippen molar-refractivity contribution in [1.29, 1.82) is 0 Å². The first-order chi connectivity index (χ1) is 14.5. The highest BCUT2D eigenvalue weighted by Crippen LogP contribution is 2.25. The lowest BCUT2D eigenvalue weighted by atomic mass is 10.1. The number of carbonyl (C=O) groups excluding carboxylic acids is 1. The molecule has 0 aliphatic rings. The molecule has 0 spiro atoms. The molecular weight excluding hydrogens is 374 g/mol. The number of ether oxygens (including phenoxy) is 1. The molecule has 0 aliphatic heterocycles. The summed E-state index contributed by atoms with van der Waals surface area (Å²) in [6.07, 6.45) is 4.49. The minimum Gasteiger partial charge on any atom is -0.497 e. The molecular formula is C25H31N3O2. The molecule has 5 heteroatoms. The van der Waals surface area contributed by atoms with Gasteiger partial charge in [-0.25, -0.2) is 4.68 Å². The van der Waals surface area contributed by atoms with Crippen LogP contribution in [-0.2, 0) is 0 Å². The SMILES string of the molecule is CCCCCCNC(=O)c1cc(-c2ccc(OC)cc2)nn1-c1ccc(C)cc1C. The maximum atomic E-state index is 13.0. The molecule has 158 valence electrons. The van der Waals surface area contributed by atoms with E-state index in [-0.39, 0.29) is 5.91 Å². The fraction of sp³-hybridized carbons (Fsp3) is 0.360. The van der Waals surface area contributed by atoms with Crippen LogP contribution in [0.4, 0.5) is 0 Å². The molecule has 5 nitrogen and oxygen atoms in total. The lowest BCUT2D eigenvalue weighted by Gasteiger charge is -2.11. The second-order valence-corrected chi connectivity index (χ2v) is 7.66. The van der Waals surface area contributed by atoms with Gasteiger partial charge in [-0.15, -0.1) is 0 Å². The Kier molecular flexibility index (Phi) is 7.28. The Bertz CT molecular complexity index is 990. The Labute approximate surface area is 179 Å². The average molecular weight is 406 g/mol. The molecule has 1 N–H and O–H groups in total. The van der Waals surface area contributed by atoms with Gasteiger partial charge in [0.25, 0.3) is 5.91 Å². The van der Waals surface area contributed by atoms with Crippen molar-refractivity contribution in [2.24, 2.45) is 0 Å². The van der Waals surface area contributed by atoms with E-state index in [9.17, 15) is 4.79 Å². The Morgan fingerprint density at radius 2 is 1.80 bits per heavy atom. The van der Waals surface area contributed by atoms with Gasteiger partial charge in [0.05, 0.1) is 18.5 Å². The fourth-order valence-corrected chi connectivity index (χ4v) is 3.52. The Balaban J connectivity index is 1.93. The summed E-state index contributed by atoms with van der Waals surface area (Å²) in [6, 6.07) is 15.8.